The Morgan fingerprint density at radius 1 is 1.38 bits per heavy atom. The van der Waals surface area contributed by atoms with E-state index in [9.17, 15) is 8.42 Å². The maximum Gasteiger partial charge on any atom is 0.237 e. The summed E-state index contributed by atoms with van der Waals surface area (Å²) < 4.78 is 27.2. The van der Waals surface area contributed by atoms with Crippen LogP contribution in [0.4, 0.5) is 0 Å². The Hall–Kier alpha value is -0.620. The molecule has 92 valence electrons. The van der Waals surface area contributed by atoms with Gasteiger partial charge in [0.15, 0.2) is 9.84 Å². The molecular formula is C9H15ClN2O3S. The summed E-state index contributed by atoms with van der Waals surface area (Å²) in [7, 11) is -3.28. The molecule has 0 unspecified atom stereocenters. The standard InChI is InChI=1S/C9H15ClN2O3S/c1-9(2,16(3,13)14)8-12-11-7(15-8)5-4-6-10/h4-6H2,1-3H3. The van der Waals surface area contributed by atoms with Crippen molar-refractivity contribution in [1.29, 1.82) is 0 Å². The fourth-order valence-electron chi connectivity index (χ4n) is 0.975. The van der Waals surface area contributed by atoms with Crippen LogP contribution in [-0.2, 0) is 21.0 Å². The second-order valence-corrected chi connectivity index (χ2v) is 7.02. The van der Waals surface area contributed by atoms with Crippen LogP contribution < -0.4 is 0 Å². The van der Waals surface area contributed by atoms with Crippen LogP contribution in [0.1, 0.15) is 32.0 Å². The molecule has 0 bridgehead atoms. The predicted octanol–water partition coefficient (Wildman–Crippen LogP) is 1.52. The Kier molecular flexibility index (Phi) is 3.96. The van der Waals surface area contributed by atoms with Crippen molar-refractivity contribution in [3.05, 3.63) is 11.8 Å². The molecule has 5 nitrogen and oxygen atoms in total. The topological polar surface area (TPSA) is 73.1 Å². The van der Waals surface area contributed by atoms with E-state index in [1.807, 2.05) is 0 Å². The normalized spacial score (nSPS) is 13.0. The van der Waals surface area contributed by atoms with Crippen LogP contribution in [0.25, 0.3) is 0 Å². The van der Waals surface area contributed by atoms with Crippen molar-refractivity contribution in [2.24, 2.45) is 0 Å². The van der Waals surface area contributed by atoms with E-state index >= 15 is 0 Å². The predicted molar refractivity (Wildman–Crippen MR) is 61.2 cm³/mol. The van der Waals surface area contributed by atoms with Gasteiger partial charge in [-0.1, -0.05) is 0 Å². The van der Waals surface area contributed by atoms with Crippen molar-refractivity contribution in [1.82, 2.24) is 10.2 Å². The average molecular weight is 267 g/mol. The Bertz CT molecular complexity index is 453. The van der Waals surface area contributed by atoms with Crippen LogP contribution in [0.5, 0.6) is 0 Å². The zero-order chi connectivity index (χ0) is 12.4. The van der Waals surface area contributed by atoms with Gasteiger partial charge in [-0.05, 0) is 20.3 Å². The van der Waals surface area contributed by atoms with Crippen LogP contribution >= 0.6 is 11.6 Å². The number of sulfone groups is 1. The minimum absolute atomic E-state index is 0.125. The largest absolute Gasteiger partial charge is 0.424 e. The fraction of sp³-hybridized carbons (Fsp3) is 0.778. The van der Waals surface area contributed by atoms with Crippen molar-refractivity contribution >= 4 is 21.4 Å². The molecule has 1 aromatic heterocycles. The lowest BCUT2D eigenvalue weighted by Crippen LogP contribution is -2.28. The lowest BCUT2D eigenvalue weighted by Gasteiger charge is -2.16. The number of hydrogen-bond donors (Lipinski definition) is 0. The molecule has 1 rings (SSSR count). The zero-order valence-corrected chi connectivity index (χ0v) is 11.1. The molecule has 1 heterocycles. The highest BCUT2D eigenvalue weighted by Gasteiger charge is 2.37. The summed E-state index contributed by atoms with van der Waals surface area (Å²) in [5.74, 6) is 1.06. The van der Waals surface area contributed by atoms with E-state index in [-0.39, 0.29) is 5.89 Å². The fourth-order valence-corrected chi connectivity index (χ4v) is 1.51. The molecule has 16 heavy (non-hydrogen) atoms. The second-order valence-electron chi connectivity index (χ2n) is 4.08. The average Bonchev–Trinajstić information content (AvgIpc) is 2.61. The number of aryl methyl sites for hydroxylation is 1. The van der Waals surface area contributed by atoms with Crippen LogP contribution in [0.2, 0.25) is 0 Å². The molecule has 0 atom stereocenters. The molecule has 0 N–H and O–H groups in total. The highest BCUT2D eigenvalue weighted by molar-refractivity contribution is 7.91. The highest BCUT2D eigenvalue weighted by atomic mass is 35.5. The van der Waals surface area contributed by atoms with Gasteiger partial charge in [-0.25, -0.2) is 8.42 Å². The molecular weight excluding hydrogens is 252 g/mol. The SMILES string of the molecule is CC(C)(c1nnc(CCCCl)o1)S(C)(=O)=O. The molecule has 7 heteroatoms. The first-order valence-electron chi connectivity index (χ1n) is 4.87. The smallest absolute Gasteiger partial charge is 0.237 e. The molecule has 0 aliphatic rings. The lowest BCUT2D eigenvalue weighted by molar-refractivity contribution is 0.405. The number of halogens is 1. The summed E-state index contributed by atoms with van der Waals surface area (Å²) in [6.45, 7) is 3.09. The van der Waals surface area contributed by atoms with Crippen LogP contribution in [0.3, 0.4) is 0 Å². The summed E-state index contributed by atoms with van der Waals surface area (Å²) in [4.78, 5) is 0. The summed E-state index contributed by atoms with van der Waals surface area (Å²) in [6, 6.07) is 0. The van der Waals surface area contributed by atoms with Gasteiger partial charge in [0.1, 0.15) is 4.75 Å². The highest BCUT2D eigenvalue weighted by Crippen LogP contribution is 2.27. The van der Waals surface area contributed by atoms with Gasteiger partial charge in [0.05, 0.1) is 0 Å². The second kappa shape index (κ2) is 4.71. The zero-order valence-electron chi connectivity index (χ0n) is 9.53. The minimum atomic E-state index is -3.28. The molecule has 0 amide bonds. The third-order valence-corrected chi connectivity index (χ3v) is 4.73. The first-order valence-corrected chi connectivity index (χ1v) is 7.30. The van der Waals surface area contributed by atoms with E-state index < -0.39 is 14.6 Å². The maximum atomic E-state index is 11.5. The quantitative estimate of drug-likeness (QED) is 0.756. The monoisotopic (exact) mass is 266 g/mol. The van der Waals surface area contributed by atoms with Gasteiger partial charge >= 0.3 is 0 Å². The van der Waals surface area contributed by atoms with Gasteiger partial charge in [0.2, 0.25) is 11.8 Å². The van der Waals surface area contributed by atoms with Crippen LogP contribution in [-0.4, -0.2) is 30.8 Å². The summed E-state index contributed by atoms with van der Waals surface area (Å²) >= 11 is 5.53. The van der Waals surface area contributed by atoms with Crippen LogP contribution in [0.15, 0.2) is 4.42 Å². The Morgan fingerprint density at radius 2 is 2.00 bits per heavy atom. The molecule has 0 saturated carbocycles. The van der Waals surface area contributed by atoms with E-state index in [0.29, 0.717) is 18.2 Å². The van der Waals surface area contributed by atoms with Gasteiger partial charge < -0.3 is 4.42 Å². The maximum absolute atomic E-state index is 11.5. The first-order chi connectivity index (χ1) is 7.29. The Labute approximate surface area is 100 Å². The number of hydrogen-bond acceptors (Lipinski definition) is 5. The number of aromatic nitrogens is 2. The van der Waals surface area contributed by atoms with E-state index in [2.05, 4.69) is 10.2 Å². The molecule has 0 spiro atoms. The summed E-state index contributed by atoms with van der Waals surface area (Å²) in [5.41, 5.74) is 0. The van der Waals surface area contributed by atoms with Gasteiger partial charge in [0, 0.05) is 18.6 Å². The minimum Gasteiger partial charge on any atom is -0.424 e. The molecule has 0 radical (unpaired) electrons. The lowest BCUT2D eigenvalue weighted by atomic mass is 10.2. The van der Waals surface area contributed by atoms with Crippen molar-refractivity contribution in [3.63, 3.8) is 0 Å². The Morgan fingerprint density at radius 3 is 2.50 bits per heavy atom. The van der Waals surface area contributed by atoms with Crippen molar-refractivity contribution in [2.45, 2.75) is 31.4 Å². The van der Waals surface area contributed by atoms with Crippen molar-refractivity contribution in [2.75, 3.05) is 12.1 Å². The van der Waals surface area contributed by atoms with Crippen LogP contribution in [0, 0.1) is 0 Å². The number of alkyl halides is 1. The molecule has 0 aliphatic carbocycles. The van der Waals surface area contributed by atoms with Crippen molar-refractivity contribution < 1.29 is 12.8 Å². The molecule has 0 saturated heterocycles. The van der Waals surface area contributed by atoms with Gasteiger partial charge in [-0.2, -0.15) is 0 Å². The van der Waals surface area contributed by atoms with E-state index in [1.54, 1.807) is 13.8 Å². The van der Waals surface area contributed by atoms with Gasteiger partial charge in [0.25, 0.3) is 0 Å². The third-order valence-electron chi connectivity index (χ3n) is 2.43. The number of nitrogens with zero attached hydrogens (tertiary/aromatic N) is 2. The molecule has 0 fully saturated rings. The van der Waals surface area contributed by atoms with Gasteiger partial charge in [-0.15, -0.1) is 21.8 Å². The van der Waals surface area contributed by atoms with Gasteiger partial charge in [-0.3, -0.25) is 0 Å². The number of rotatable bonds is 5. The summed E-state index contributed by atoms with van der Waals surface area (Å²) in [6.07, 6.45) is 2.44. The molecule has 0 aliphatic heterocycles. The first kappa shape index (κ1) is 13.4. The van der Waals surface area contributed by atoms with E-state index in [0.717, 1.165) is 12.7 Å². The van der Waals surface area contributed by atoms with E-state index in [4.69, 9.17) is 16.0 Å². The third kappa shape index (κ3) is 2.74. The summed E-state index contributed by atoms with van der Waals surface area (Å²) in [5, 5.41) is 7.56. The molecule has 0 aromatic carbocycles. The molecule has 1 aromatic rings. The van der Waals surface area contributed by atoms with E-state index in [1.165, 1.54) is 0 Å². The Balaban J connectivity index is 2.94. The van der Waals surface area contributed by atoms with Crippen molar-refractivity contribution in [3.8, 4) is 0 Å².